The monoisotopic (exact) mass is 386 g/mol. The number of carboxylic acids is 1. The van der Waals surface area contributed by atoms with E-state index in [0.29, 0.717) is 37.3 Å². The third-order valence-corrected chi connectivity index (χ3v) is 4.22. The van der Waals surface area contributed by atoms with E-state index in [1.807, 2.05) is 6.92 Å². The summed E-state index contributed by atoms with van der Waals surface area (Å²) in [4.78, 5) is 24.8. The smallest absolute Gasteiger partial charge is 0.387 e. The van der Waals surface area contributed by atoms with Gasteiger partial charge in [-0.25, -0.2) is 4.79 Å². The number of amides is 2. The predicted octanol–water partition coefficient (Wildman–Crippen LogP) is 3.08. The van der Waals surface area contributed by atoms with Crippen LogP contribution < -0.4 is 14.8 Å². The minimum Gasteiger partial charge on any atom is -0.493 e. The standard InChI is InChI=1S/C18H24F2N2O5/c1-2-8-26-14-6-5-12(15(9-14)27-17(19)20)10-21-18(25)22-7-3-4-13(11-22)16(23)24/h5-6,9,13,17H,2-4,7-8,10-11H2,1H3,(H,21,25)(H,23,24). The maximum atomic E-state index is 12.7. The normalized spacial score (nSPS) is 16.9. The number of hydrogen-bond acceptors (Lipinski definition) is 4. The molecule has 2 amide bonds. The van der Waals surface area contributed by atoms with Crippen molar-refractivity contribution in [3.63, 3.8) is 0 Å². The van der Waals surface area contributed by atoms with Gasteiger partial charge in [-0.15, -0.1) is 0 Å². The van der Waals surface area contributed by atoms with Crippen LogP contribution in [-0.2, 0) is 11.3 Å². The maximum absolute atomic E-state index is 12.7. The average Bonchev–Trinajstić information content (AvgIpc) is 2.65. The van der Waals surface area contributed by atoms with Gasteiger partial charge in [-0.3, -0.25) is 4.79 Å². The lowest BCUT2D eigenvalue weighted by atomic mass is 9.99. The number of likely N-dealkylation sites (tertiary alicyclic amines) is 1. The molecule has 0 saturated carbocycles. The van der Waals surface area contributed by atoms with Gasteiger partial charge in [-0.2, -0.15) is 8.78 Å². The molecule has 0 aromatic heterocycles. The number of halogens is 2. The predicted molar refractivity (Wildman–Crippen MR) is 93.0 cm³/mol. The fourth-order valence-corrected chi connectivity index (χ4v) is 2.84. The van der Waals surface area contributed by atoms with Gasteiger partial charge in [0.25, 0.3) is 0 Å². The molecule has 1 aromatic carbocycles. The molecule has 1 aromatic rings. The van der Waals surface area contributed by atoms with E-state index < -0.39 is 24.5 Å². The van der Waals surface area contributed by atoms with E-state index in [0.717, 1.165) is 6.42 Å². The first-order chi connectivity index (χ1) is 12.9. The van der Waals surface area contributed by atoms with Crippen LogP contribution in [-0.4, -0.2) is 48.3 Å². The van der Waals surface area contributed by atoms with E-state index in [1.165, 1.54) is 11.0 Å². The van der Waals surface area contributed by atoms with Crippen LogP contribution in [0.25, 0.3) is 0 Å². The molecule has 2 N–H and O–H groups in total. The van der Waals surface area contributed by atoms with E-state index in [-0.39, 0.29) is 18.8 Å². The van der Waals surface area contributed by atoms with Crippen molar-refractivity contribution >= 4 is 12.0 Å². The number of carboxylic acid groups (broad SMARTS) is 1. The quantitative estimate of drug-likeness (QED) is 0.717. The van der Waals surface area contributed by atoms with Gasteiger partial charge in [-0.05, 0) is 31.4 Å². The van der Waals surface area contributed by atoms with E-state index in [4.69, 9.17) is 9.84 Å². The molecule has 1 aliphatic heterocycles. The van der Waals surface area contributed by atoms with E-state index in [2.05, 4.69) is 10.1 Å². The van der Waals surface area contributed by atoms with Crippen LogP contribution in [0.4, 0.5) is 13.6 Å². The van der Waals surface area contributed by atoms with Crippen LogP contribution in [0.3, 0.4) is 0 Å². The summed E-state index contributed by atoms with van der Waals surface area (Å²) in [5, 5.41) is 11.7. The molecule has 0 aliphatic carbocycles. The number of carbonyl (C=O) groups excluding carboxylic acids is 1. The van der Waals surface area contributed by atoms with Gasteiger partial charge in [0.15, 0.2) is 0 Å². The fraction of sp³-hybridized carbons (Fsp3) is 0.556. The lowest BCUT2D eigenvalue weighted by Crippen LogP contribution is -2.46. The molecule has 1 saturated heterocycles. The Balaban J connectivity index is 2.00. The molecule has 0 spiro atoms. The number of piperidine rings is 1. The lowest BCUT2D eigenvalue weighted by molar-refractivity contribution is -0.143. The number of benzene rings is 1. The average molecular weight is 386 g/mol. The molecular weight excluding hydrogens is 362 g/mol. The van der Waals surface area contributed by atoms with Crippen molar-refractivity contribution in [3.8, 4) is 11.5 Å². The molecule has 1 aliphatic rings. The molecule has 0 bridgehead atoms. The Bertz CT molecular complexity index is 657. The third-order valence-electron chi connectivity index (χ3n) is 4.22. The second-order valence-corrected chi connectivity index (χ2v) is 6.28. The van der Waals surface area contributed by atoms with E-state index in [1.54, 1.807) is 12.1 Å². The van der Waals surface area contributed by atoms with E-state index in [9.17, 15) is 18.4 Å². The highest BCUT2D eigenvalue weighted by Crippen LogP contribution is 2.27. The molecule has 1 heterocycles. The molecule has 0 radical (unpaired) electrons. The van der Waals surface area contributed by atoms with Crippen LogP contribution >= 0.6 is 0 Å². The zero-order valence-electron chi connectivity index (χ0n) is 15.1. The Hall–Kier alpha value is -2.58. The minimum atomic E-state index is -3.00. The van der Waals surface area contributed by atoms with E-state index >= 15 is 0 Å². The van der Waals surface area contributed by atoms with Gasteiger partial charge < -0.3 is 24.8 Å². The van der Waals surface area contributed by atoms with Gasteiger partial charge in [0.2, 0.25) is 0 Å². The zero-order chi connectivity index (χ0) is 19.8. The summed E-state index contributed by atoms with van der Waals surface area (Å²) in [6, 6.07) is 4.11. The first-order valence-corrected chi connectivity index (χ1v) is 8.86. The number of carbonyl (C=O) groups is 2. The molecular formula is C18H24F2N2O5. The summed E-state index contributed by atoms with van der Waals surface area (Å²) in [6.07, 6.45) is 1.91. The largest absolute Gasteiger partial charge is 0.493 e. The zero-order valence-corrected chi connectivity index (χ0v) is 15.1. The lowest BCUT2D eigenvalue weighted by Gasteiger charge is -2.30. The number of hydrogen-bond donors (Lipinski definition) is 2. The first-order valence-electron chi connectivity index (χ1n) is 8.86. The number of alkyl halides is 2. The van der Waals surface area contributed by atoms with Crippen LogP contribution in [0, 0.1) is 5.92 Å². The van der Waals surface area contributed by atoms with Gasteiger partial charge in [0.1, 0.15) is 11.5 Å². The van der Waals surface area contributed by atoms with Crippen molar-refractivity contribution in [1.29, 1.82) is 0 Å². The van der Waals surface area contributed by atoms with Crippen molar-refractivity contribution in [2.24, 2.45) is 5.92 Å². The second kappa shape index (κ2) is 9.94. The Morgan fingerprint density at radius 3 is 2.85 bits per heavy atom. The molecule has 1 unspecified atom stereocenters. The van der Waals surface area contributed by atoms with Gasteiger partial charge >= 0.3 is 18.6 Å². The first kappa shape index (κ1) is 20.7. The minimum absolute atomic E-state index is 0.0246. The maximum Gasteiger partial charge on any atom is 0.387 e. The number of nitrogens with zero attached hydrogens (tertiary/aromatic N) is 1. The number of nitrogens with one attached hydrogen (secondary N) is 1. The Kier molecular flexibility index (Phi) is 7.63. The van der Waals surface area contributed by atoms with Crippen LogP contribution in [0.5, 0.6) is 11.5 Å². The van der Waals surface area contributed by atoms with Crippen molar-refractivity contribution in [3.05, 3.63) is 23.8 Å². The van der Waals surface area contributed by atoms with Crippen molar-refractivity contribution < 1.29 is 33.0 Å². The van der Waals surface area contributed by atoms with Gasteiger partial charge in [0.05, 0.1) is 12.5 Å². The molecule has 9 heteroatoms. The van der Waals surface area contributed by atoms with Crippen molar-refractivity contribution in [1.82, 2.24) is 10.2 Å². The molecule has 2 rings (SSSR count). The molecule has 1 fully saturated rings. The number of rotatable bonds is 8. The summed E-state index contributed by atoms with van der Waals surface area (Å²) >= 11 is 0. The Labute approximate surface area is 156 Å². The topological polar surface area (TPSA) is 88.1 Å². The highest BCUT2D eigenvalue weighted by molar-refractivity contribution is 5.76. The van der Waals surface area contributed by atoms with Crippen LogP contribution in [0.2, 0.25) is 0 Å². The summed E-state index contributed by atoms with van der Waals surface area (Å²) in [6.45, 7) is -0.0619. The summed E-state index contributed by atoms with van der Waals surface area (Å²) in [7, 11) is 0. The van der Waals surface area contributed by atoms with Crippen molar-refractivity contribution in [2.45, 2.75) is 39.3 Å². The SMILES string of the molecule is CCCOc1ccc(CNC(=O)N2CCCC(C(=O)O)C2)c(OC(F)F)c1. The van der Waals surface area contributed by atoms with Gasteiger partial charge in [0, 0.05) is 31.3 Å². The summed E-state index contributed by atoms with van der Waals surface area (Å²) in [5.74, 6) is -1.18. The van der Waals surface area contributed by atoms with Crippen molar-refractivity contribution in [2.75, 3.05) is 19.7 Å². The molecule has 150 valence electrons. The molecule has 1 atom stereocenters. The Morgan fingerprint density at radius 1 is 1.41 bits per heavy atom. The summed E-state index contributed by atoms with van der Waals surface area (Å²) in [5.41, 5.74) is 0.374. The number of ether oxygens (including phenoxy) is 2. The summed E-state index contributed by atoms with van der Waals surface area (Å²) < 4.78 is 35.3. The molecule has 27 heavy (non-hydrogen) atoms. The van der Waals surface area contributed by atoms with Crippen LogP contribution in [0.1, 0.15) is 31.7 Å². The third kappa shape index (κ3) is 6.26. The highest BCUT2D eigenvalue weighted by atomic mass is 19.3. The highest BCUT2D eigenvalue weighted by Gasteiger charge is 2.28. The second-order valence-electron chi connectivity index (χ2n) is 6.28. The molecule has 7 nitrogen and oxygen atoms in total. The van der Waals surface area contributed by atoms with Gasteiger partial charge in [-0.1, -0.05) is 6.92 Å². The Morgan fingerprint density at radius 2 is 2.19 bits per heavy atom. The van der Waals surface area contributed by atoms with Crippen LogP contribution in [0.15, 0.2) is 18.2 Å². The fourth-order valence-electron chi connectivity index (χ4n) is 2.84. The number of urea groups is 1. The number of aliphatic carboxylic acids is 1.